The Balaban J connectivity index is 1.75. The molecule has 1 fully saturated rings. The van der Waals surface area contributed by atoms with Crippen molar-refractivity contribution in [2.24, 2.45) is 5.92 Å². The SMILES string of the molecule is O=C(NCC1CCN(C(=O)C(F)(F)F)CC1)c1cscn1. The van der Waals surface area contributed by atoms with Crippen LogP contribution in [0.15, 0.2) is 10.9 Å². The summed E-state index contributed by atoms with van der Waals surface area (Å²) >= 11 is 1.31. The molecule has 1 N–H and O–H groups in total. The molecule has 0 aliphatic carbocycles. The zero-order valence-electron chi connectivity index (χ0n) is 11.0. The average molecular weight is 321 g/mol. The number of halogens is 3. The Morgan fingerprint density at radius 2 is 2.05 bits per heavy atom. The Morgan fingerprint density at radius 1 is 1.38 bits per heavy atom. The molecule has 2 amide bonds. The molecule has 0 bridgehead atoms. The van der Waals surface area contributed by atoms with Crippen LogP contribution in [0.4, 0.5) is 13.2 Å². The summed E-state index contributed by atoms with van der Waals surface area (Å²) in [4.78, 5) is 27.4. The number of rotatable bonds is 3. The van der Waals surface area contributed by atoms with Gasteiger partial charge in [0.2, 0.25) is 0 Å². The number of hydrogen-bond donors (Lipinski definition) is 1. The van der Waals surface area contributed by atoms with Crippen molar-refractivity contribution < 1.29 is 22.8 Å². The van der Waals surface area contributed by atoms with E-state index in [2.05, 4.69) is 10.3 Å². The van der Waals surface area contributed by atoms with E-state index >= 15 is 0 Å². The van der Waals surface area contributed by atoms with E-state index in [-0.39, 0.29) is 24.9 Å². The van der Waals surface area contributed by atoms with Crippen molar-refractivity contribution in [3.8, 4) is 0 Å². The van der Waals surface area contributed by atoms with Crippen LogP contribution in [-0.2, 0) is 4.79 Å². The zero-order valence-corrected chi connectivity index (χ0v) is 11.8. The maximum atomic E-state index is 12.3. The summed E-state index contributed by atoms with van der Waals surface area (Å²) in [5.74, 6) is -2.00. The largest absolute Gasteiger partial charge is 0.471 e. The number of carbonyl (C=O) groups excluding carboxylic acids is 2. The molecule has 9 heteroatoms. The number of alkyl halides is 3. The number of amides is 2. The summed E-state index contributed by atoms with van der Waals surface area (Å²) in [6.45, 7) is 0.509. The number of thiazole rings is 1. The summed E-state index contributed by atoms with van der Waals surface area (Å²) in [5, 5.41) is 4.33. The van der Waals surface area contributed by atoms with E-state index in [0.717, 1.165) is 4.90 Å². The maximum Gasteiger partial charge on any atom is 0.471 e. The molecule has 0 atom stereocenters. The first-order chi connectivity index (χ1) is 9.88. The van der Waals surface area contributed by atoms with Crippen molar-refractivity contribution in [1.82, 2.24) is 15.2 Å². The minimum absolute atomic E-state index is 0.0651. The molecule has 0 radical (unpaired) electrons. The molecule has 2 rings (SSSR count). The van der Waals surface area contributed by atoms with Gasteiger partial charge in [-0.15, -0.1) is 11.3 Å². The third-order valence-electron chi connectivity index (χ3n) is 3.36. The van der Waals surface area contributed by atoms with E-state index < -0.39 is 12.1 Å². The summed E-state index contributed by atoms with van der Waals surface area (Å²) in [5.41, 5.74) is 1.89. The van der Waals surface area contributed by atoms with E-state index in [1.807, 2.05) is 0 Å². The van der Waals surface area contributed by atoms with Crippen LogP contribution in [-0.4, -0.2) is 47.5 Å². The molecule has 116 valence electrons. The molecule has 2 heterocycles. The molecule has 0 saturated carbocycles. The molecule has 1 aromatic rings. The number of nitrogens with one attached hydrogen (secondary N) is 1. The van der Waals surface area contributed by atoms with Gasteiger partial charge in [-0.1, -0.05) is 0 Å². The van der Waals surface area contributed by atoms with Crippen molar-refractivity contribution in [3.63, 3.8) is 0 Å². The molecule has 0 aromatic carbocycles. The number of hydrogen-bond acceptors (Lipinski definition) is 4. The molecule has 5 nitrogen and oxygen atoms in total. The fraction of sp³-hybridized carbons (Fsp3) is 0.583. The van der Waals surface area contributed by atoms with E-state index in [0.29, 0.717) is 25.1 Å². The normalized spacial score (nSPS) is 16.8. The van der Waals surface area contributed by atoms with Gasteiger partial charge >= 0.3 is 12.1 Å². The quantitative estimate of drug-likeness (QED) is 0.921. The second kappa shape index (κ2) is 6.42. The van der Waals surface area contributed by atoms with Gasteiger partial charge in [0.15, 0.2) is 0 Å². The van der Waals surface area contributed by atoms with Crippen molar-refractivity contribution in [3.05, 3.63) is 16.6 Å². The van der Waals surface area contributed by atoms with Gasteiger partial charge in [0, 0.05) is 25.0 Å². The van der Waals surface area contributed by atoms with Gasteiger partial charge < -0.3 is 10.2 Å². The second-order valence-corrected chi connectivity index (χ2v) is 5.54. The van der Waals surface area contributed by atoms with Crippen molar-refractivity contribution >= 4 is 23.2 Å². The molecule has 0 unspecified atom stereocenters. The Morgan fingerprint density at radius 3 is 2.57 bits per heavy atom. The van der Waals surface area contributed by atoms with Gasteiger partial charge in [-0.25, -0.2) is 4.98 Å². The zero-order chi connectivity index (χ0) is 15.5. The van der Waals surface area contributed by atoms with Crippen LogP contribution in [0.5, 0.6) is 0 Å². The van der Waals surface area contributed by atoms with Gasteiger partial charge in [0.25, 0.3) is 5.91 Å². The Hall–Kier alpha value is -1.64. The number of aromatic nitrogens is 1. The predicted molar refractivity (Wildman–Crippen MR) is 69.8 cm³/mol. The van der Waals surface area contributed by atoms with Crippen LogP contribution in [0, 0.1) is 5.92 Å². The van der Waals surface area contributed by atoms with Gasteiger partial charge in [-0.2, -0.15) is 13.2 Å². The fourth-order valence-corrected chi connectivity index (χ4v) is 2.70. The number of nitrogens with zero attached hydrogens (tertiary/aromatic N) is 2. The minimum Gasteiger partial charge on any atom is -0.350 e. The number of carbonyl (C=O) groups is 2. The monoisotopic (exact) mass is 321 g/mol. The van der Waals surface area contributed by atoms with Crippen molar-refractivity contribution in [2.75, 3.05) is 19.6 Å². The molecular weight excluding hydrogens is 307 g/mol. The molecule has 1 aliphatic heterocycles. The highest BCUT2D eigenvalue weighted by molar-refractivity contribution is 7.07. The van der Waals surface area contributed by atoms with E-state index in [4.69, 9.17) is 0 Å². The lowest BCUT2D eigenvalue weighted by Gasteiger charge is -2.32. The number of likely N-dealkylation sites (tertiary alicyclic amines) is 1. The molecular formula is C12H14F3N3O2S. The van der Waals surface area contributed by atoms with Crippen molar-refractivity contribution in [1.29, 1.82) is 0 Å². The smallest absolute Gasteiger partial charge is 0.350 e. The Kier molecular flexibility index (Phi) is 4.81. The lowest BCUT2D eigenvalue weighted by molar-refractivity contribution is -0.186. The summed E-state index contributed by atoms with van der Waals surface area (Å²) in [6.07, 6.45) is -3.93. The van der Waals surface area contributed by atoms with E-state index in [1.54, 1.807) is 10.9 Å². The lowest BCUT2D eigenvalue weighted by Crippen LogP contribution is -2.46. The minimum atomic E-state index is -4.81. The topological polar surface area (TPSA) is 62.3 Å². The van der Waals surface area contributed by atoms with E-state index in [9.17, 15) is 22.8 Å². The molecule has 1 aliphatic rings. The molecule has 1 aromatic heterocycles. The van der Waals surface area contributed by atoms with Crippen LogP contribution in [0.1, 0.15) is 23.3 Å². The third-order valence-corrected chi connectivity index (χ3v) is 3.95. The van der Waals surface area contributed by atoms with E-state index in [1.165, 1.54) is 11.3 Å². The predicted octanol–water partition coefficient (Wildman–Crippen LogP) is 1.67. The first-order valence-corrected chi connectivity index (χ1v) is 7.34. The van der Waals surface area contributed by atoms with Crippen LogP contribution in [0.3, 0.4) is 0 Å². The molecule has 0 spiro atoms. The summed E-state index contributed by atoms with van der Waals surface area (Å²) in [7, 11) is 0. The molecule has 21 heavy (non-hydrogen) atoms. The number of piperidine rings is 1. The first-order valence-electron chi connectivity index (χ1n) is 6.40. The molecule has 1 saturated heterocycles. The highest BCUT2D eigenvalue weighted by Gasteiger charge is 2.43. The lowest BCUT2D eigenvalue weighted by atomic mass is 9.96. The standard InChI is InChI=1S/C12H14F3N3O2S/c13-12(14,15)11(20)18-3-1-8(2-4-18)5-16-10(19)9-6-21-7-17-9/h6-8H,1-5H2,(H,16,19). The fourth-order valence-electron chi connectivity index (χ4n) is 2.17. The highest BCUT2D eigenvalue weighted by Crippen LogP contribution is 2.23. The summed E-state index contributed by atoms with van der Waals surface area (Å²) < 4.78 is 36.9. The first kappa shape index (κ1) is 15.7. The maximum absolute atomic E-state index is 12.3. The van der Waals surface area contributed by atoms with Gasteiger partial charge in [-0.05, 0) is 18.8 Å². The summed E-state index contributed by atoms with van der Waals surface area (Å²) in [6, 6.07) is 0. The van der Waals surface area contributed by atoms with Crippen LogP contribution < -0.4 is 5.32 Å². The van der Waals surface area contributed by atoms with Gasteiger partial charge in [0.05, 0.1) is 5.51 Å². The van der Waals surface area contributed by atoms with Crippen molar-refractivity contribution in [2.45, 2.75) is 19.0 Å². The van der Waals surface area contributed by atoms with Gasteiger partial charge in [-0.3, -0.25) is 9.59 Å². The highest BCUT2D eigenvalue weighted by atomic mass is 32.1. The third kappa shape index (κ3) is 4.16. The van der Waals surface area contributed by atoms with Crippen LogP contribution >= 0.6 is 11.3 Å². The Labute approximate surface area is 123 Å². The van der Waals surface area contributed by atoms with Gasteiger partial charge in [0.1, 0.15) is 5.69 Å². The van der Waals surface area contributed by atoms with Crippen LogP contribution in [0.25, 0.3) is 0 Å². The Bertz CT molecular complexity index is 496. The van der Waals surface area contributed by atoms with Crippen LogP contribution in [0.2, 0.25) is 0 Å². The second-order valence-electron chi connectivity index (χ2n) is 4.82. The average Bonchev–Trinajstić information content (AvgIpc) is 2.98.